The van der Waals surface area contributed by atoms with Crippen molar-refractivity contribution in [3.63, 3.8) is 0 Å². The SMILES string of the molecule is O=C(O)c1nccnc1NCCc1cc(F)cc(F)c1. The van der Waals surface area contributed by atoms with Crippen LogP contribution in [0.2, 0.25) is 0 Å². The molecular weight excluding hydrogens is 268 g/mol. The molecule has 0 saturated carbocycles. The largest absolute Gasteiger partial charge is 0.476 e. The maximum Gasteiger partial charge on any atom is 0.358 e. The summed E-state index contributed by atoms with van der Waals surface area (Å²) in [6, 6.07) is 3.24. The molecule has 1 heterocycles. The highest BCUT2D eigenvalue weighted by Gasteiger charge is 2.11. The Hall–Kier alpha value is -2.57. The van der Waals surface area contributed by atoms with E-state index in [2.05, 4.69) is 15.3 Å². The molecule has 104 valence electrons. The summed E-state index contributed by atoms with van der Waals surface area (Å²) in [5.41, 5.74) is 0.272. The fraction of sp³-hybridized carbons (Fsp3) is 0.154. The Morgan fingerprint density at radius 2 is 1.80 bits per heavy atom. The Balaban J connectivity index is 2.01. The van der Waals surface area contributed by atoms with E-state index in [0.29, 0.717) is 12.0 Å². The van der Waals surface area contributed by atoms with Crippen molar-refractivity contribution >= 4 is 11.8 Å². The lowest BCUT2D eigenvalue weighted by Crippen LogP contribution is -2.12. The highest BCUT2D eigenvalue weighted by atomic mass is 19.1. The minimum Gasteiger partial charge on any atom is -0.476 e. The second kappa shape index (κ2) is 6.05. The molecule has 2 N–H and O–H groups in total. The average molecular weight is 279 g/mol. The van der Waals surface area contributed by atoms with Crippen LogP contribution in [-0.2, 0) is 6.42 Å². The van der Waals surface area contributed by atoms with Crippen LogP contribution in [0.4, 0.5) is 14.6 Å². The number of carboxylic acids is 1. The number of hydrogen-bond acceptors (Lipinski definition) is 4. The molecule has 2 rings (SSSR count). The predicted molar refractivity (Wildman–Crippen MR) is 67.5 cm³/mol. The van der Waals surface area contributed by atoms with Crippen LogP contribution in [0.3, 0.4) is 0 Å². The van der Waals surface area contributed by atoms with Gasteiger partial charge in [-0.1, -0.05) is 0 Å². The Kier molecular flexibility index (Phi) is 4.19. The topological polar surface area (TPSA) is 75.1 Å². The number of carbonyl (C=O) groups is 1. The first-order valence-corrected chi connectivity index (χ1v) is 5.79. The maximum atomic E-state index is 13.0. The lowest BCUT2D eigenvalue weighted by molar-refractivity contribution is 0.0691. The maximum absolute atomic E-state index is 13.0. The molecule has 0 bridgehead atoms. The number of anilines is 1. The number of nitrogens with zero attached hydrogens (tertiary/aromatic N) is 2. The van der Waals surface area contributed by atoms with E-state index in [1.807, 2.05) is 0 Å². The summed E-state index contributed by atoms with van der Waals surface area (Å²) in [6.07, 6.45) is 2.96. The Labute approximate surface area is 113 Å². The number of carboxylic acid groups (broad SMARTS) is 1. The summed E-state index contributed by atoms with van der Waals surface area (Å²) < 4.78 is 26.0. The summed E-state index contributed by atoms with van der Waals surface area (Å²) in [4.78, 5) is 18.5. The van der Waals surface area contributed by atoms with E-state index in [1.165, 1.54) is 24.5 Å². The summed E-state index contributed by atoms with van der Waals surface area (Å²) in [5.74, 6) is -2.37. The van der Waals surface area contributed by atoms with E-state index in [9.17, 15) is 13.6 Å². The van der Waals surface area contributed by atoms with E-state index in [0.717, 1.165) is 6.07 Å². The molecule has 7 heteroatoms. The average Bonchev–Trinajstić information content (AvgIpc) is 2.38. The molecule has 2 aromatic rings. The van der Waals surface area contributed by atoms with Gasteiger partial charge in [0.2, 0.25) is 0 Å². The second-order valence-corrected chi connectivity index (χ2v) is 4.01. The first-order chi connectivity index (χ1) is 9.56. The normalized spacial score (nSPS) is 10.3. The standard InChI is InChI=1S/C13H11F2N3O2/c14-9-5-8(6-10(15)7-9)1-2-17-12-11(13(19)20)16-3-4-18-12/h3-7H,1-2H2,(H,17,18)(H,19,20). The van der Waals surface area contributed by atoms with E-state index < -0.39 is 17.6 Å². The number of aromatic nitrogens is 2. The Morgan fingerprint density at radius 3 is 2.45 bits per heavy atom. The lowest BCUT2D eigenvalue weighted by atomic mass is 10.1. The van der Waals surface area contributed by atoms with Crippen LogP contribution in [0.5, 0.6) is 0 Å². The minimum atomic E-state index is -1.20. The van der Waals surface area contributed by atoms with Gasteiger partial charge in [-0.05, 0) is 24.1 Å². The molecule has 0 saturated heterocycles. The van der Waals surface area contributed by atoms with Gasteiger partial charge in [0.1, 0.15) is 11.6 Å². The van der Waals surface area contributed by atoms with Crippen molar-refractivity contribution in [1.82, 2.24) is 9.97 Å². The van der Waals surface area contributed by atoms with Crippen LogP contribution >= 0.6 is 0 Å². The van der Waals surface area contributed by atoms with Gasteiger partial charge in [-0.15, -0.1) is 0 Å². The van der Waals surface area contributed by atoms with Gasteiger partial charge in [-0.3, -0.25) is 0 Å². The smallest absolute Gasteiger partial charge is 0.358 e. The molecule has 0 amide bonds. The van der Waals surface area contributed by atoms with Gasteiger partial charge in [0, 0.05) is 25.0 Å². The lowest BCUT2D eigenvalue weighted by Gasteiger charge is -2.07. The van der Waals surface area contributed by atoms with Crippen molar-refractivity contribution in [2.24, 2.45) is 0 Å². The zero-order valence-electron chi connectivity index (χ0n) is 10.3. The number of aromatic carboxylic acids is 1. The summed E-state index contributed by atoms with van der Waals surface area (Å²) in [5, 5.41) is 11.7. The van der Waals surface area contributed by atoms with E-state index in [4.69, 9.17) is 5.11 Å². The number of halogens is 2. The molecule has 0 atom stereocenters. The molecule has 0 spiro atoms. The van der Waals surface area contributed by atoms with Crippen LogP contribution in [0.15, 0.2) is 30.6 Å². The number of rotatable bonds is 5. The Morgan fingerprint density at radius 1 is 1.15 bits per heavy atom. The molecule has 1 aromatic heterocycles. The monoisotopic (exact) mass is 279 g/mol. The fourth-order valence-electron chi connectivity index (χ4n) is 1.70. The predicted octanol–water partition coefficient (Wildman–Crippen LogP) is 2.11. The molecular formula is C13H11F2N3O2. The molecule has 20 heavy (non-hydrogen) atoms. The van der Waals surface area contributed by atoms with Gasteiger partial charge in [-0.25, -0.2) is 23.5 Å². The summed E-state index contributed by atoms with van der Waals surface area (Å²) in [6.45, 7) is 0.280. The van der Waals surface area contributed by atoms with Crippen molar-refractivity contribution in [3.8, 4) is 0 Å². The van der Waals surface area contributed by atoms with E-state index >= 15 is 0 Å². The van der Waals surface area contributed by atoms with Gasteiger partial charge >= 0.3 is 5.97 Å². The van der Waals surface area contributed by atoms with Crippen molar-refractivity contribution in [2.45, 2.75) is 6.42 Å². The van der Waals surface area contributed by atoms with Gasteiger partial charge in [0.05, 0.1) is 0 Å². The van der Waals surface area contributed by atoms with Crippen LogP contribution in [0.1, 0.15) is 16.1 Å². The van der Waals surface area contributed by atoms with Crippen molar-refractivity contribution < 1.29 is 18.7 Å². The van der Waals surface area contributed by atoms with Crippen LogP contribution in [0.25, 0.3) is 0 Å². The quantitative estimate of drug-likeness (QED) is 0.876. The van der Waals surface area contributed by atoms with Gasteiger partial charge in [0.25, 0.3) is 0 Å². The number of hydrogen-bond donors (Lipinski definition) is 2. The number of benzene rings is 1. The van der Waals surface area contributed by atoms with Crippen molar-refractivity contribution in [1.29, 1.82) is 0 Å². The molecule has 0 aliphatic rings. The first kappa shape index (κ1) is 13.9. The molecule has 0 radical (unpaired) electrons. The van der Waals surface area contributed by atoms with Gasteiger partial charge < -0.3 is 10.4 Å². The first-order valence-electron chi connectivity index (χ1n) is 5.79. The van der Waals surface area contributed by atoms with Crippen LogP contribution < -0.4 is 5.32 Å². The molecule has 0 aliphatic heterocycles. The zero-order valence-corrected chi connectivity index (χ0v) is 10.3. The Bertz CT molecular complexity index is 615. The second-order valence-electron chi connectivity index (χ2n) is 4.01. The third-order valence-corrected chi connectivity index (χ3v) is 2.53. The molecule has 0 fully saturated rings. The summed E-state index contributed by atoms with van der Waals surface area (Å²) in [7, 11) is 0. The van der Waals surface area contributed by atoms with E-state index in [-0.39, 0.29) is 18.1 Å². The highest BCUT2D eigenvalue weighted by molar-refractivity contribution is 5.90. The van der Waals surface area contributed by atoms with Gasteiger partial charge in [-0.2, -0.15) is 0 Å². The molecule has 0 unspecified atom stereocenters. The third kappa shape index (κ3) is 3.47. The van der Waals surface area contributed by atoms with E-state index in [1.54, 1.807) is 0 Å². The third-order valence-electron chi connectivity index (χ3n) is 2.53. The molecule has 1 aromatic carbocycles. The van der Waals surface area contributed by atoms with Crippen LogP contribution in [-0.4, -0.2) is 27.6 Å². The summed E-state index contributed by atoms with van der Waals surface area (Å²) >= 11 is 0. The molecule has 5 nitrogen and oxygen atoms in total. The highest BCUT2D eigenvalue weighted by Crippen LogP contribution is 2.11. The number of nitrogens with one attached hydrogen (secondary N) is 1. The fourth-order valence-corrected chi connectivity index (χ4v) is 1.70. The van der Waals surface area contributed by atoms with Crippen molar-refractivity contribution in [3.05, 3.63) is 53.5 Å². The molecule has 0 aliphatic carbocycles. The minimum absolute atomic E-state index is 0.122. The zero-order chi connectivity index (χ0) is 14.5. The van der Waals surface area contributed by atoms with Gasteiger partial charge in [0.15, 0.2) is 11.5 Å². The van der Waals surface area contributed by atoms with Crippen LogP contribution in [0, 0.1) is 11.6 Å². The van der Waals surface area contributed by atoms with Crippen molar-refractivity contribution in [2.75, 3.05) is 11.9 Å².